The molecule has 0 rings (SSSR count). The van der Waals surface area contributed by atoms with E-state index in [0.717, 1.165) is 12.8 Å². The Bertz CT molecular complexity index is 347. The van der Waals surface area contributed by atoms with Crippen molar-refractivity contribution in [2.75, 3.05) is 26.2 Å². The predicted octanol–water partition coefficient (Wildman–Crippen LogP) is 0.736. The van der Waals surface area contributed by atoms with Crippen LogP contribution >= 0.6 is 0 Å². The Kier molecular flexibility index (Phi) is 8.35. The van der Waals surface area contributed by atoms with Crippen LogP contribution in [-0.2, 0) is 9.59 Å². The zero-order valence-electron chi connectivity index (χ0n) is 12.5. The number of nitrogens with two attached hydrogens (primary N) is 1. The van der Waals surface area contributed by atoms with E-state index in [1.165, 1.54) is 9.80 Å². The first-order valence-electron chi connectivity index (χ1n) is 6.88. The summed E-state index contributed by atoms with van der Waals surface area (Å²) in [5.41, 5.74) is 5.15. The van der Waals surface area contributed by atoms with E-state index in [9.17, 15) is 14.4 Å². The second kappa shape index (κ2) is 9.17. The molecule has 7 heteroatoms. The molecule has 1 unspecified atom stereocenters. The zero-order valence-corrected chi connectivity index (χ0v) is 12.5. The van der Waals surface area contributed by atoms with Crippen molar-refractivity contribution in [1.29, 1.82) is 0 Å². The van der Waals surface area contributed by atoms with Crippen molar-refractivity contribution in [1.82, 2.24) is 9.80 Å². The Labute approximate surface area is 119 Å². The second-order valence-electron chi connectivity index (χ2n) is 4.80. The predicted molar refractivity (Wildman–Crippen MR) is 75.1 cm³/mol. The lowest BCUT2D eigenvalue weighted by Crippen LogP contribution is -2.48. The number of carbonyl (C=O) groups is 3. The van der Waals surface area contributed by atoms with Crippen molar-refractivity contribution in [2.24, 2.45) is 11.7 Å². The molecule has 7 nitrogen and oxygen atoms in total. The van der Waals surface area contributed by atoms with Crippen molar-refractivity contribution >= 4 is 17.9 Å². The number of nitrogens with zero attached hydrogens (tertiary/aromatic N) is 2. The van der Waals surface area contributed by atoms with Crippen LogP contribution in [0.15, 0.2) is 0 Å². The molecule has 0 fully saturated rings. The maximum absolute atomic E-state index is 12.3. The molecule has 20 heavy (non-hydrogen) atoms. The minimum atomic E-state index is -0.953. The average molecular weight is 287 g/mol. The van der Waals surface area contributed by atoms with Gasteiger partial charge in [-0.05, 0) is 13.3 Å². The van der Waals surface area contributed by atoms with E-state index in [1.54, 1.807) is 13.8 Å². The highest BCUT2D eigenvalue weighted by Gasteiger charge is 2.24. The van der Waals surface area contributed by atoms with Gasteiger partial charge in [-0.25, -0.2) is 4.79 Å². The van der Waals surface area contributed by atoms with E-state index in [1.807, 2.05) is 6.92 Å². The molecule has 1 atom stereocenters. The van der Waals surface area contributed by atoms with Crippen LogP contribution in [0, 0.1) is 5.92 Å². The highest BCUT2D eigenvalue weighted by Crippen LogP contribution is 2.06. The van der Waals surface area contributed by atoms with Crippen LogP contribution in [0.2, 0.25) is 0 Å². The van der Waals surface area contributed by atoms with E-state index in [0.29, 0.717) is 13.1 Å². The van der Waals surface area contributed by atoms with E-state index >= 15 is 0 Å². The SMILES string of the molecule is CCCCN(CC(N)=O)C(=O)N(CC)CC(C)C(=O)O. The number of unbranched alkanes of at least 4 members (excludes halogenated alkanes) is 1. The number of amides is 3. The number of carboxylic acids is 1. The lowest BCUT2D eigenvalue weighted by Gasteiger charge is -2.30. The highest BCUT2D eigenvalue weighted by molar-refractivity contribution is 5.83. The molecule has 0 radical (unpaired) electrons. The third kappa shape index (κ3) is 6.40. The Morgan fingerprint density at radius 2 is 1.80 bits per heavy atom. The van der Waals surface area contributed by atoms with Gasteiger partial charge in [-0.2, -0.15) is 0 Å². The van der Waals surface area contributed by atoms with Gasteiger partial charge in [0.25, 0.3) is 0 Å². The molecule has 0 saturated carbocycles. The number of primary amides is 1. The first kappa shape index (κ1) is 18.2. The molecular formula is C13H25N3O4. The van der Waals surface area contributed by atoms with Crippen LogP contribution in [0.4, 0.5) is 4.79 Å². The highest BCUT2D eigenvalue weighted by atomic mass is 16.4. The molecule has 0 aliphatic heterocycles. The monoisotopic (exact) mass is 287 g/mol. The Balaban J connectivity index is 4.79. The van der Waals surface area contributed by atoms with Crippen molar-refractivity contribution < 1.29 is 19.5 Å². The summed E-state index contributed by atoms with van der Waals surface area (Å²) in [4.78, 5) is 37.0. The number of hydrogen-bond donors (Lipinski definition) is 2. The summed E-state index contributed by atoms with van der Waals surface area (Å²) in [5.74, 6) is -2.18. The lowest BCUT2D eigenvalue weighted by atomic mass is 10.2. The molecular weight excluding hydrogens is 262 g/mol. The fraction of sp³-hybridized carbons (Fsp3) is 0.769. The molecule has 0 saturated heterocycles. The van der Waals surface area contributed by atoms with Crippen LogP contribution in [0.1, 0.15) is 33.6 Å². The Morgan fingerprint density at radius 3 is 2.20 bits per heavy atom. The average Bonchev–Trinajstić information content (AvgIpc) is 2.39. The number of hydrogen-bond acceptors (Lipinski definition) is 3. The van der Waals surface area contributed by atoms with Crippen molar-refractivity contribution in [3.05, 3.63) is 0 Å². The number of carbonyl (C=O) groups excluding carboxylic acids is 2. The van der Waals surface area contributed by atoms with Gasteiger partial charge in [-0.1, -0.05) is 20.3 Å². The summed E-state index contributed by atoms with van der Waals surface area (Å²) in [7, 11) is 0. The number of rotatable bonds is 9. The van der Waals surface area contributed by atoms with Gasteiger partial charge in [0.2, 0.25) is 5.91 Å². The van der Waals surface area contributed by atoms with E-state index in [-0.39, 0.29) is 19.1 Å². The van der Waals surface area contributed by atoms with Gasteiger partial charge < -0.3 is 20.6 Å². The summed E-state index contributed by atoms with van der Waals surface area (Å²) < 4.78 is 0. The van der Waals surface area contributed by atoms with Crippen LogP contribution < -0.4 is 5.73 Å². The number of carboxylic acid groups (broad SMARTS) is 1. The molecule has 3 amide bonds. The first-order chi connectivity index (χ1) is 9.33. The maximum atomic E-state index is 12.3. The van der Waals surface area contributed by atoms with Gasteiger partial charge in [-0.15, -0.1) is 0 Å². The van der Waals surface area contributed by atoms with Crippen molar-refractivity contribution in [3.8, 4) is 0 Å². The number of urea groups is 1. The fourth-order valence-corrected chi connectivity index (χ4v) is 1.73. The van der Waals surface area contributed by atoms with Crippen LogP contribution in [0.5, 0.6) is 0 Å². The third-order valence-electron chi connectivity index (χ3n) is 2.97. The van der Waals surface area contributed by atoms with Crippen molar-refractivity contribution in [2.45, 2.75) is 33.6 Å². The third-order valence-corrected chi connectivity index (χ3v) is 2.97. The summed E-state index contributed by atoms with van der Waals surface area (Å²) >= 11 is 0. The standard InChI is InChI=1S/C13H25N3O4/c1-4-6-7-16(9-11(14)17)13(20)15(5-2)8-10(3)12(18)19/h10H,4-9H2,1-3H3,(H2,14,17)(H,18,19). The molecule has 0 heterocycles. The minimum Gasteiger partial charge on any atom is -0.481 e. The molecule has 0 aliphatic rings. The summed E-state index contributed by atoms with van der Waals surface area (Å²) in [5, 5.41) is 8.91. The van der Waals surface area contributed by atoms with E-state index in [4.69, 9.17) is 10.8 Å². The zero-order chi connectivity index (χ0) is 15.7. The van der Waals surface area contributed by atoms with Crippen molar-refractivity contribution in [3.63, 3.8) is 0 Å². The minimum absolute atomic E-state index is 0.117. The van der Waals surface area contributed by atoms with Gasteiger partial charge >= 0.3 is 12.0 Å². The molecule has 3 N–H and O–H groups in total. The largest absolute Gasteiger partial charge is 0.481 e. The fourth-order valence-electron chi connectivity index (χ4n) is 1.73. The Hall–Kier alpha value is -1.79. The van der Waals surface area contributed by atoms with Crippen LogP contribution in [-0.4, -0.2) is 59.0 Å². The summed E-state index contributed by atoms with van der Waals surface area (Å²) in [6.07, 6.45) is 1.66. The number of aliphatic carboxylic acids is 1. The van der Waals surface area contributed by atoms with Crippen LogP contribution in [0.3, 0.4) is 0 Å². The summed E-state index contributed by atoms with van der Waals surface area (Å²) in [6, 6.07) is -0.340. The van der Waals surface area contributed by atoms with Gasteiger partial charge in [0.05, 0.1) is 5.92 Å². The Morgan fingerprint density at radius 1 is 1.20 bits per heavy atom. The molecule has 116 valence electrons. The first-order valence-corrected chi connectivity index (χ1v) is 6.88. The normalized spacial score (nSPS) is 11.8. The van der Waals surface area contributed by atoms with Gasteiger partial charge in [-0.3, -0.25) is 9.59 Å². The van der Waals surface area contributed by atoms with E-state index in [2.05, 4.69) is 0 Å². The maximum Gasteiger partial charge on any atom is 0.320 e. The molecule has 0 aromatic rings. The molecule has 0 aromatic carbocycles. The van der Waals surface area contributed by atoms with Gasteiger partial charge in [0, 0.05) is 19.6 Å². The molecule has 0 bridgehead atoms. The molecule has 0 aliphatic carbocycles. The quantitative estimate of drug-likeness (QED) is 0.652. The molecule has 0 aromatic heterocycles. The summed E-state index contributed by atoms with van der Waals surface area (Å²) in [6.45, 7) is 6.10. The topological polar surface area (TPSA) is 104 Å². The van der Waals surface area contributed by atoms with Crippen LogP contribution in [0.25, 0.3) is 0 Å². The molecule has 0 spiro atoms. The van der Waals surface area contributed by atoms with E-state index < -0.39 is 17.8 Å². The van der Waals surface area contributed by atoms with Gasteiger partial charge in [0.15, 0.2) is 0 Å². The van der Waals surface area contributed by atoms with Gasteiger partial charge in [0.1, 0.15) is 6.54 Å². The second-order valence-corrected chi connectivity index (χ2v) is 4.80. The lowest BCUT2D eigenvalue weighted by molar-refractivity contribution is -0.141. The smallest absolute Gasteiger partial charge is 0.320 e.